The summed E-state index contributed by atoms with van der Waals surface area (Å²) in [6.45, 7) is 0.806. The molecule has 1 aromatic heterocycles. The molecule has 1 aliphatic rings. The largest absolute Gasteiger partial charge is 0.467 e. The first kappa shape index (κ1) is 11.7. The number of nitrogen functional groups attached to an aromatic ring is 1. The van der Waals surface area contributed by atoms with Crippen molar-refractivity contribution in [3.05, 3.63) is 46.8 Å². The quantitative estimate of drug-likeness (QED) is 0.874. The van der Waals surface area contributed by atoms with Crippen molar-refractivity contribution < 1.29 is 4.42 Å². The van der Waals surface area contributed by atoms with E-state index in [0.29, 0.717) is 6.04 Å². The van der Waals surface area contributed by atoms with Gasteiger partial charge < -0.3 is 15.1 Å². The molecule has 1 heterocycles. The van der Waals surface area contributed by atoms with Crippen molar-refractivity contribution in [3.8, 4) is 0 Å². The zero-order valence-electron chi connectivity index (χ0n) is 9.97. The van der Waals surface area contributed by atoms with Gasteiger partial charge in [-0.1, -0.05) is 0 Å². The molecule has 0 amide bonds. The maximum absolute atomic E-state index is 5.79. The molecule has 0 radical (unpaired) electrons. The summed E-state index contributed by atoms with van der Waals surface area (Å²) in [5.41, 5.74) is 7.75. The van der Waals surface area contributed by atoms with Crippen LogP contribution in [-0.2, 0) is 6.54 Å². The number of halogens is 1. The summed E-state index contributed by atoms with van der Waals surface area (Å²) in [5.74, 6) is 0.991. The Hall–Kier alpha value is -1.42. The lowest BCUT2D eigenvalue weighted by Gasteiger charge is -2.25. The highest BCUT2D eigenvalue weighted by atomic mass is 79.9. The van der Waals surface area contributed by atoms with Crippen molar-refractivity contribution in [2.24, 2.45) is 0 Å². The van der Waals surface area contributed by atoms with Crippen molar-refractivity contribution >= 4 is 27.3 Å². The molecule has 0 bridgehead atoms. The van der Waals surface area contributed by atoms with Gasteiger partial charge in [0.15, 0.2) is 0 Å². The lowest BCUT2D eigenvalue weighted by Crippen LogP contribution is -2.25. The second kappa shape index (κ2) is 4.69. The highest BCUT2D eigenvalue weighted by Crippen LogP contribution is 2.37. The van der Waals surface area contributed by atoms with Crippen LogP contribution in [-0.4, -0.2) is 6.04 Å². The van der Waals surface area contributed by atoms with Gasteiger partial charge in [0.25, 0.3) is 0 Å². The van der Waals surface area contributed by atoms with E-state index in [2.05, 4.69) is 26.9 Å². The molecular weight excluding hydrogens is 292 g/mol. The topological polar surface area (TPSA) is 42.4 Å². The number of anilines is 2. The van der Waals surface area contributed by atoms with E-state index in [0.717, 1.165) is 22.5 Å². The van der Waals surface area contributed by atoms with E-state index >= 15 is 0 Å². The van der Waals surface area contributed by atoms with Crippen LogP contribution in [0.1, 0.15) is 18.6 Å². The number of hydrogen-bond acceptors (Lipinski definition) is 3. The number of benzene rings is 1. The second-order valence-corrected chi connectivity index (χ2v) is 5.50. The van der Waals surface area contributed by atoms with Crippen LogP contribution in [0.5, 0.6) is 0 Å². The summed E-state index contributed by atoms with van der Waals surface area (Å²) < 4.78 is 6.49. The number of furan rings is 1. The molecular formula is C14H15BrN2O. The first-order valence-electron chi connectivity index (χ1n) is 6.08. The highest BCUT2D eigenvalue weighted by molar-refractivity contribution is 9.10. The fourth-order valence-electron chi connectivity index (χ4n) is 2.12. The Bertz CT molecular complexity index is 535. The van der Waals surface area contributed by atoms with Crippen LogP contribution in [0, 0.1) is 0 Å². The molecule has 1 aliphatic carbocycles. The summed E-state index contributed by atoms with van der Waals surface area (Å²) >= 11 is 3.60. The molecule has 4 heteroatoms. The number of nitrogens with zero attached hydrogens (tertiary/aromatic N) is 1. The molecule has 1 aromatic carbocycles. The molecule has 0 spiro atoms. The minimum Gasteiger partial charge on any atom is -0.467 e. The summed E-state index contributed by atoms with van der Waals surface area (Å²) in [6, 6.07) is 10.5. The van der Waals surface area contributed by atoms with Gasteiger partial charge in [-0.25, -0.2) is 0 Å². The average Bonchev–Trinajstić information content (AvgIpc) is 3.05. The van der Waals surface area contributed by atoms with Crippen molar-refractivity contribution in [1.82, 2.24) is 0 Å². The van der Waals surface area contributed by atoms with Gasteiger partial charge in [-0.15, -0.1) is 0 Å². The molecule has 1 saturated carbocycles. The van der Waals surface area contributed by atoms with Gasteiger partial charge in [0.2, 0.25) is 0 Å². The minimum atomic E-state index is 0.620. The molecule has 0 aliphatic heterocycles. The van der Waals surface area contributed by atoms with Crippen molar-refractivity contribution in [2.45, 2.75) is 25.4 Å². The maximum Gasteiger partial charge on any atom is 0.123 e. The monoisotopic (exact) mass is 306 g/mol. The lowest BCUT2D eigenvalue weighted by molar-refractivity contribution is 0.501. The van der Waals surface area contributed by atoms with Crippen LogP contribution in [0.25, 0.3) is 0 Å². The third-order valence-corrected chi connectivity index (χ3v) is 3.81. The smallest absolute Gasteiger partial charge is 0.123 e. The maximum atomic E-state index is 5.79. The van der Waals surface area contributed by atoms with Crippen molar-refractivity contribution in [3.63, 3.8) is 0 Å². The van der Waals surface area contributed by atoms with Crippen LogP contribution in [0.4, 0.5) is 11.4 Å². The van der Waals surface area contributed by atoms with Crippen LogP contribution in [0.15, 0.2) is 45.5 Å². The fraction of sp³-hybridized carbons (Fsp3) is 0.286. The zero-order valence-corrected chi connectivity index (χ0v) is 11.6. The molecule has 0 unspecified atom stereocenters. The van der Waals surface area contributed by atoms with Crippen molar-refractivity contribution in [1.29, 1.82) is 0 Å². The highest BCUT2D eigenvalue weighted by Gasteiger charge is 2.30. The van der Waals surface area contributed by atoms with E-state index < -0.39 is 0 Å². The Balaban J connectivity index is 1.89. The number of rotatable bonds is 4. The van der Waals surface area contributed by atoms with E-state index in [-0.39, 0.29) is 0 Å². The van der Waals surface area contributed by atoms with E-state index in [1.165, 1.54) is 18.5 Å². The minimum absolute atomic E-state index is 0.620. The van der Waals surface area contributed by atoms with Gasteiger partial charge in [-0.05, 0) is 59.1 Å². The fourth-order valence-corrected chi connectivity index (χ4v) is 2.75. The lowest BCUT2D eigenvalue weighted by atomic mass is 10.2. The van der Waals surface area contributed by atoms with Gasteiger partial charge >= 0.3 is 0 Å². The summed E-state index contributed by atoms with van der Waals surface area (Å²) in [4.78, 5) is 2.38. The first-order chi connectivity index (χ1) is 8.74. The molecule has 3 nitrogen and oxygen atoms in total. The van der Waals surface area contributed by atoms with E-state index in [4.69, 9.17) is 10.2 Å². The van der Waals surface area contributed by atoms with Crippen molar-refractivity contribution in [2.75, 3.05) is 10.6 Å². The Morgan fingerprint density at radius 3 is 2.78 bits per heavy atom. The molecule has 2 aromatic rings. The Kier molecular flexibility index (Phi) is 3.04. The Morgan fingerprint density at radius 1 is 1.33 bits per heavy atom. The number of nitrogens with two attached hydrogens (primary N) is 1. The Morgan fingerprint density at radius 2 is 2.17 bits per heavy atom. The zero-order chi connectivity index (χ0) is 12.5. The Labute approximate surface area is 115 Å². The van der Waals surface area contributed by atoms with Gasteiger partial charge in [0, 0.05) is 16.2 Å². The molecule has 0 saturated heterocycles. The summed E-state index contributed by atoms with van der Waals surface area (Å²) in [5, 5.41) is 0. The predicted octanol–water partition coefficient (Wildman–Crippen LogP) is 3.79. The van der Waals surface area contributed by atoms with E-state index in [9.17, 15) is 0 Å². The first-order valence-corrected chi connectivity index (χ1v) is 6.87. The second-order valence-electron chi connectivity index (χ2n) is 4.65. The molecule has 94 valence electrons. The summed E-state index contributed by atoms with van der Waals surface area (Å²) in [6.07, 6.45) is 4.22. The third kappa shape index (κ3) is 2.38. The average molecular weight is 307 g/mol. The van der Waals surface area contributed by atoms with Gasteiger partial charge in [-0.2, -0.15) is 0 Å². The molecule has 1 fully saturated rings. The SMILES string of the molecule is Nc1ccc(N(Cc2ccco2)C2CC2)c(Br)c1. The molecule has 18 heavy (non-hydrogen) atoms. The molecule has 3 rings (SSSR count). The van der Waals surface area contributed by atoms with Gasteiger partial charge in [0.1, 0.15) is 5.76 Å². The van der Waals surface area contributed by atoms with Crippen LogP contribution in [0.2, 0.25) is 0 Å². The van der Waals surface area contributed by atoms with Gasteiger partial charge in [-0.3, -0.25) is 0 Å². The molecule has 2 N–H and O–H groups in total. The summed E-state index contributed by atoms with van der Waals surface area (Å²) in [7, 11) is 0. The standard InChI is InChI=1S/C14H15BrN2O/c15-13-8-10(16)3-6-14(13)17(11-4-5-11)9-12-2-1-7-18-12/h1-3,6-8,11H,4-5,9,16H2. The normalized spacial score (nSPS) is 14.7. The van der Waals surface area contributed by atoms with E-state index in [1.807, 2.05) is 24.3 Å². The van der Waals surface area contributed by atoms with Crippen LogP contribution < -0.4 is 10.6 Å². The third-order valence-electron chi connectivity index (χ3n) is 3.18. The van der Waals surface area contributed by atoms with Crippen LogP contribution in [0.3, 0.4) is 0 Å². The number of hydrogen-bond donors (Lipinski definition) is 1. The van der Waals surface area contributed by atoms with Gasteiger partial charge in [0.05, 0.1) is 18.5 Å². The van der Waals surface area contributed by atoms with E-state index in [1.54, 1.807) is 6.26 Å². The predicted molar refractivity (Wildman–Crippen MR) is 76.5 cm³/mol. The van der Waals surface area contributed by atoms with Crippen LogP contribution >= 0.6 is 15.9 Å². The molecule has 0 atom stereocenters.